The van der Waals surface area contributed by atoms with Crippen molar-refractivity contribution in [1.82, 2.24) is 0 Å². The Morgan fingerprint density at radius 2 is 0.518 bits per heavy atom. The van der Waals surface area contributed by atoms with Crippen LogP contribution in [-0.2, 0) is 21.1 Å². The normalized spacial score (nSPS) is 9.84. The monoisotopic (exact) mass is 943 g/mol. The summed E-state index contributed by atoms with van der Waals surface area (Å²) in [5.41, 5.74) is 9.16. The van der Waals surface area contributed by atoms with Gasteiger partial charge >= 0.3 is 21.1 Å². The van der Waals surface area contributed by atoms with E-state index in [-0.39, 0.29) is 21.1 Å². The van der Waals surface area contributed by atoms with Crippen LogP contribution in [0.4, 0.5) is 0 Å². The molecule has 0 amide bonds. The van der Waals surface area contributed by atoms with Crippen LogP contribution in [0.1, 0.15) is 38.9 Å². The predicted molar refractivity (Wildman–Crippen MR) is 245 cm³/mol. The zero-order valence-corrected chi connectivity index (χ0v) is 37.5. The van der Waals surface area contributed by atoms with Gasteiger partial charge in [0.2, 0.25) is 0 Å². The first-order chi connectivity index (χ1) is 26.6. The minimum absolute atomic E-state index is 0. The van der Waals surface area contributed by atoms with Gasteiger partial charge in [0.15, 0.2) is 0 Å². The molecule has 0 heterocycles. The van der Waals surface area contributed by atoms with Crippen LogP contribution in [0.2, 0.25) is 0 Å². The molecule has 0 saturated carbocycles. The molecule has 3 heteroatoms. The summed E-state index contributed by atoms with van der Waals surface area (Å²) in [7, 11) is -0.966. The average molecular weight is 944 g/mol. The van der Waals surface area contributed by atoms with E-state index in [0.29, 0.717) is 0 Å². The van der Waals surface area contributed by atoms with Crippen molar-refractivity contribution >= 4 is 47.7 Å². The molecule has 0 bridgehead atoms. The Hall–Kier alpha value is -4.79. The summed E-state index contributed by atoms with van der Waals surface area (Å²) in [6.07, 6.45) is 10.4. The van der Waals surface area contributed by atoms with Gasteiger partial charge in [0.1, 0.15) is 0 Å². The Morgan fingerprint density at radius 1 is 0.357 bits per heavy atom. The van der Waals surface area contributed by atoms with Crippen molar-refractivity contribution in [3.05, 3.63) is 221 Å². The molecule has 0 unspecified atom stereocenters. The molecule has 282 valence electrons. The number of hydrogen-bond acceptors (Lipinski definition) is 0. The van der Waals surface area contributed by atoms with E-state index in [0.717, 1.165) is 0 Å². The van der Waals surface area contributed by atoms with Crippen molar-refractivity contribution in [2.75, 3.05) is 0 Å². The van der Waals surface area contributed by atoms with E-state index in [1.54, 1.807) is 5.92 Å². The molecule has 56 heavy (non-hydrogen) atoms. The molecule has 0 nitrogen and oxygen atoms in total. The van der Waals surface area contributed by atoms with E-state index < -0.39 is 15.8 Å². The van der Waals surface area contributed by atoms with Crippen molar-refractivity contribution in [1.29, 1.82) is 0 Å². The quantitative estimate of drug-likeness (QED) is 0.0885. The molecule has 0 aliphatic carbocycles. The molecule has 7 aromatic carbocycles. The van der Waals surface area contributed by atoms with E-state index in [1.807, 2.05) is 30.2 Å². The van der Waals surface area contributed by atoms with Crippen LogP contribution in [0.5, 0.6) is 0 Å². The van der Waals surface area contributed by atoms with Gasteiger partial charge in [-0.2, -0.15) is 35.9 Å². The van der Waals surface area contributed by atoms with Crippen LogP contribution in [0.3, 0.4) is 0 Å². The fourth-order valence-electron chi connectivity index (χ4n) is 5.53. The largest absolute Gasteiger partial charge is 2.00 e. The molecular formula is C53H50P2Pt. The van der Waals surface area contributed by atoms with Gasteiger partial charge in [-0.1, -0.05) is 186 Å². The summed E-state index contributed by atoms with van der Waals surface area (Å²) in [4.78, 5) is 0. The van der Waals surface area contributed by atoms with Crippen LogP contribution >= 0.6 is 15.8 Å². The van der Waals surface area contributed by atoms with Crippen molar-refractivity contribution in [2.45, 2.75) is 48.5 Å². The molecule has 0 N–H and O–H groups in total. The third kappa shape index (κ3) is 14.7. The van der Waals surface area contributed by atoms with Crippen molar-refractivity contribution in [2.24, 2.45) is 0 Å². The number of terminal acetylenes is 1. The summed E-state index contributed by atoms with van der Waals surface area (Å²) in [6, 6.07) is 64.7. The predicted octanol–water partition coefficient (Wildman–Crippen LogP) is 10.7. The zero-order valence-electron chi connectivity index (χ0n) is 33.5. The van der Waals surface area contributed by atoms with Gasteiger partial charge in [-0.25, -0.2) is 6.42 Å². The summed E-state index contributed by atoms with van der Waals surface area (Å²) >= 11 is 0. The van der Waals surface area contributed by atoms with Gasteiger partial charge in [0.05, 0.1) is 0 Å². The van der Waals surface area contributed by atoms with E-state index in [2.05, 4.69) is 207 Å². The molecule has 0 radical (unpaired) electrons. The number of hydrogen-bond donors (Lipinski definition) is 0. The smallest absolute Gasteiger partial charge is 0.358 e. The first-order valence-corrected chi connectivity index (χ1v) is 21.1. The molecule has 7 aromatic rings. The maximum Gasteiger partial charge on any atom is 2.00 e. The van der Waals surface area contributed by atoms with Gasteiger partial charge < -0.3 is 6.42 Å². The topological polar surface area (TPSA) is 0 Å². The van der Waals surface area contributed by atoms with Crippen molar-refractivity contribution in [3.63, 3.8) is 0 Å². The summed E-state index contributed by atoms with van der Waals surface area (Å²) in [6.45, 7) is 14.9. The SMILES string of the molecule is Cc1cc[c-]cc1.Cc1ccc(P(c2ccc(C)cc2)c2ccc(C)cc2)cc1.Cc1ccc(P(c2ccc(C)cc2)c2ccc(C)cc2)cc1.[C-]#CC#C.[Pt+2]. The Morgan fingerprint density at radius 3 is 0.643 bits per heavy atom. The number of benzene rings is 7. The third-order valence-electron chi connectivity index (χ3n) is 8.71. The molecule has 0 saturated heterocycles. The Kier molecular flexibility index (Phi) is 19.5. The Labute approximate surface area is 354 Å². The van der Waals surface area contributed by atoms with Gasteiger partial charge in [0.25, 0.3) is 0 Å². The minimum Gasteiger partial charge on any atom is -0.358 e. The first-order valence-electron chi connectivity index (χ1n) is 18.4. The molecular weight excluding hydrogens is 894 g/mol. The maximum absolute atomic E-state index is 5.97. The van der Waals surface area contributed by atoms with E-state index >= 15 is 0 Å². The van der Waals surface area contributed by atoms with Gasteiger partial charge in [-0.3, -0.25) is 11.8 Å². The first kappa shape index (κ1) is 45.6. The van der Waals surface area contributed by atoms with Crippen LogP contribution in [-0.4, -0.2) is 0 Å². The standard InChI is InChI=1S/2C21H21P.C7H7.C4H.Pt/c2*1-16-4-10-19(11-5-16)22(20-12-6-17(2)7-13-20)21-14-8-18(3)9-15-21;1-7-5-3-2-4-6-7;1-3-4-2;/h2*4-15H,1-3H3;3-6H,1H3;1H;/q;;2*-1;+2. The van der Waals surface area contributed by atoms with Gasteiger partial charge in [-0.15, -0.1) is 0 Å². The number of rotatable bonds is 6. The zero-order chi connectivity index (χ0) is 39.6. The van der Waals surface area contributed by atoms with E-state index in [4.69, 9.17) is 6.42 Å². The second-order valence-corrected chi connectivity index (χ2v) is 18.0. The fraction of sp³-hybridized carbons (Fsp3) is 0.132. The second-order valence-electron chi connectivity index (χ2n) is 13.5. The molecule has 7 rings (SSSR count). The summed E-state index contributed by atoms with van der Waals surface area (Å²) in [5, 5.41) is 8.46. The van der Waals surface area contributed by atoms with Crippen LogP contribution in [0, 0.1) is 79.2 Å². The Balaban J connectivity index is 0.000000234. The van der Waals surface area contributed by atoms with E-state index in [1.165, 1.54) is 70.8 Å². The third-order valence-corrected chi connectivity index (χ3v) is 13.6. The van der Waals surface area contributed by atoms with Gasteiger partial charge in [-0.05, 0) is 89.2 Å². The van der Waals surface area contributed by atoms with Gasteiger partial charge in [0, 0.05) is 0 Å². The fourth-order valence-corrected chi connectivity index (χ4v) is 10.00. The van der Waals surface area contributed by atoms with Crippen LogP contribution in [0.25, 0.3) is 0 Å². The van der Waals surface area contributed by atoms with Crippen molar-refractivity contribution in [3.8, 4) is 18.3 Å². The second kappa shape index (κ2) is 24.0. The molecule has 0 aromatic heterocycles. The number of aryl methyl sites for hydroxylation is 7. The molecule has 0 fully saturated rings. The molecule has 0 aliphatic rings. The summed E-state index contributed by atoms with van der Waals surface area (Å²) in [5.74, 6) is 3.56. The van der Waals surface area contributed by atoms with Crippen LogP contribution < -0.4 is 31.8 Å². The molecule has 0 spiro atoms. The summed E-state index contributed by atoms with van der Waals surface area (Å²) < 4.78 is 0. The minimum atomic E-state index is -0.483. The van der Waals surface area contributed by atoms with Crippen LogP contribution in [0.15, 0.2) is 170 Å². The van der Waals surface area contributed by atoms with Crippen molar-refractivity contribution < 1.29 is 21.1 Å². The maximum atomic E-state index is 5.97. The molecule has 0 atom stereocenters. The van der Waals surface area contributed by atoms with E-state index in [9.17, 15) is 0 Å². The molecule has 0 aliphatic heterocycles. The Bertz CT molecular complexity index is 1880. The average Bonchev–Trinajstić information content (AvgIpc) is 3.20.